The summed E-state index contributed by atoms with van der Waals surface area (Å²) in [4.78, 5) is 0. The average Bonchev–Trinajstić information content (AvgIpc) is 3.44. The molecule has 6 fully saturated rings. The predicted octanol–water partition coefficient (Wildman–Crippen LogP) is 4.04. The van der Waals surface area contributed by atoms with Gasteiger partial charge in [0.05, 0.1) is 17.8 Å². The fraction of sp³-hybridized carbons (Fsp3) is 0.913. The minimum absolute atomic E-state index is 0.0508. The van der Waals surface area contributed by atoms with E-state index in [1.54, 1.807) is 0 Å². The molecule has 1 N–H and O–H groups in total. The summed E-state index contributed by atoms with van der Waals surface area (Å²) in [6.45, 7) is 2.34. The summed E-state index contributed by atoms with van der Waals surface area (Å²) in [6.07, 6.45) is 15.3. The molecule has 6 bridgehead atoms. The summed E-state index contributed by atoms with van der Waals surface area (Å²) in [5.41, 5.74) is 0.193. The third-order valence-corrected chi connectivity index (χ3v) is 10.5. The van der Waals surface area contributed by atoms with E-state index in [9.17, 15) is 5.11 Å². The van der Waals surface area contributed by atoms with Gasteiger partial charge in [-0.25, -0.2) is 0 Å². The molecule has 7 aliphatic rings. The Morgan fingerprint density at radius 1 is 0.920 bits per heavy atom. The number of aliphatic hydroxyl groups excluding tert-OH is 1. The smallest absolute Gasteiger partial charge is 0.0786 e. The van der Waals surface area contributed by atoms with E-state index < -0.39 is 0 Å². The Morgan fingerprint density at radius 3 is 2.56 bits per heavy atom. The van der Waals surface area contributed by atoms with Crippen LogP contribution in [0.2, 0.25) is 0 Å². The molecule has 0 amide bonds. The minimum Gasteiger partial charge on any atom is -0.393 e. The van der Waals surface area contributed by atoms with Gasteiger partial charge in [0.2, 0.25) is 0 Å². The Labute approximate surface area is 151 Å². The number of allylic oxidation sites excluding steroid dienone is 2. The van der Waals surface area contributed by atoms with Crippen LogP contribution in [-0.4, -0.2) is 22.9 Å². The second-order valence-corrected chi connectivity index (χ2v) is 10.8. The normalized spacial score (nSPS) is 66.6. The zero-order valence-corrected chi connectivity index (χ0v) is 15.4. The molecule has 12 atom stereocenters. The monoisotopic (exact) mass is 340 g/mol. The van der Waals surface area contributed by atoms with E-state index in [0.717, 1.165) is 41.4 Å². The van der Waals surface area contributed by atoms with Gasteiger partial charge in [0.1, 0.15) is 0 Å². The fourth-order valence-electron chi connectivity index (χ4n) is 9.97. The zero-order chi connectivity index (χ0) is 16.5. The first-order valence-electron chi connectivity index (χ1n) is 11.3. The molecule has 2 aliphatic heterocycles. The fourth-order valence-corrected chi connectivity index (χ4v) is 9.97. The van der Waals surface area contributed by atoms with Crippen LogP contribution < -0.4 is 0 Å². The minimum atomic E-state index is -0.0508. The number of hydrogen-bond donors (Lipinski definition) is 1. The van der Waals surface area contributed by atoms with Crippen LogP contribution in [0.25, 0.3) is 0 Å². The largest absolute Gasteiger partial charge is 0.393 e. The molecule has 5 aliphatic carbocycles. The van der Waals surface area contributed by atoms with E-state index in [-0.39, 0.29) is 11.7 Å². The van der Waals surface area contributed by atoms with Crippen molar-refractivity contribution in [2.45, 2.75) is 69.7 Å². The summed E-state index contributed by atoms with van der Waals surface area (Å²) < 4.78 is 7.24. The molecule has 0 radical (unpaired) electrons. The molecule has 136 valence electrons. The van der Waals surface area contributed by atoms with E-state index in [1.807, 2.05) is 0 Å². The molecule has 7 rings (SSSR count). The highest BCUT2D eigenvalue weighted by molar-refractivity contribution is 5.31. The predicted molar refractivity (Wildman–Crippen MR) is 95.6 cm³/mol. The lowest BCUT2D eigenvalue weighted by Gasteiger charge is -2.53. The zero-order valence-electron chi connectivity index (χ0n) is 15.4. The van der Waals surface area contributed by atoms with E-state index in [1.165, 1.54) is 44.9 Å². The molecular weight excluding hydrogens is 308 g/mol. The third-order valence-electron chi connectivity index (χ3n) is 10.5. The van der Waals surface area contributed by atoms with E-state index in [4.69, 9.17) is 4.74 Å². The Morgan fingerprint density at radius 2 is 1.72 bits per heavy atom. The third kappa shape index (κ3) is 1.44. The van der Waals surface area contributed by atoms with Gasteiger partial charge in [-0.2, -0.15) is 0 Å². The van der Waals surface area contributed by atoms with Crippen molar-refractivity contribution in [1.82, 2.24) is 0 Å². The van der Waals surface area contributed by atoms with Gasteiger partial charge < -0.3 is 9.84 Å². The van der Waals surface area contributed by atoms with Crippen molar-refractivity contribution in [2.75, 3.05) is 0 Å². The second kappa shape index (κ2) is 4.55. The molecule has 0 aromatic carbocycles. The number of rotatable bonds is 1. The maximum atomic E-state index is 10.9. The molecule has 0 aromatic heterocycles. The summed E-state index contributed by atoms with van der Waals surface area (Å²) in [7, 11) is 0. The summed E-state index contributed by atoms with van der Waals surface area (Å²) in [5, 5.41) is 10.9. The van der Waals surface area contributed by atoms with Crippen LogP contribution in [0.4, 0.5) is 0 Å². The van der Waals surface area contributed by atoms with Crippen LogP contribution >= 0.6 is 0 Å². The van der Waals surface area contributed by atoms with E-state index >= 15 is 0 Å². The first-order chi connectivity index (χ1) is 12.2. The Hall–Kier alpha value is -0.340. The maximum absolute atomic E-state index is 10.9. The SMILES string of the molecule is CC1C(O)C2CC1C1C2C2OC1(C1CCCCC1)C1C3C=CC(C3)C21. The van der Waals surface area contributed by atoms with Gasteiger partial charge in [-0.05, 0) is 78.9 Å². The van der Waals surface area contributed by atoms with E-state index in [0.29, 0.717) is 23.9 Å². The molecule has 4 saturated carbocycles. The molecule has 0 aromatic rings. The van der Waals surface area contributed by atoms with Gasteiger partial charge in [0.25, 0.3) is 0 Å². The lowest BCUT2D eigenvalue weighted by molar-refractivity contribution is -0.117. The van der Waals surface area contributed by atoms with Crippen molar-refractivity contribution in [1.29, 1.82) is 0 Å². The topological polar surface area (TPSA) is 29.5 Å². The molecule has 2 heterocycles. The Balaban J connectivity index is 1.39. The van der Waals surface area contributed by atoms with Crippen molar-refractivity contribution < 1.29 is 9.84 Å². The van der Waals surface area contributed by atoms with Crippen LogP contribution in [0.3, 0.4) is 0 Å². The first-order valence-corrected chi connectivity index (χ1v) is 11.3. The number of fused-ring (bicyclic) bond motifs is 16. The van der Waals surface area contributed by atoms with Crippen LogP contribution in [0.1, 0.15) is 51.9 Å². The molecule has 2 saturated heterocycles. The van der Waals surface area contributed by atoms with Gasteiger partial charge in [0, 0.05) is 5.92 Å². The second-order valence-electron chi connectivity index (χ2n) is 10.8. The number of ether oxygens (including phenoxy) is 1. The highest BCUT2D eigenvalue weighted by Crippen LogP contribution is 2.77. The molecule has 25 heavy (non-hydrogen) atoms. The van der Waals surface area contributed by atoms with Gasteiger partial charge in [-0.1, -0.05) is 38.3 Å². The molecule has 2 heteroatoms. The van der Waals surface area contributed by atoms with Crippen molar-refractivity contribution in [3.8, 4) is 0 Å². The Kier molecular flexibility index (Phi) is 2.67. The van der Waals surface area contributed by atoms with Crippen LogP contribution in [0.15, 0.2) is 12.2 Å². The van der Waals surface area contributed by atoms with Crippen LogP contribution in [0, 0.1) is 59.2 Å². The highest BCUT2D eigenvalue weighted by atomic mass is 16.5. The van der Waals surface area contributed by atoms with Crippen LogP contribution in [-0.2, 0) is 4.74 Å². The van der Waals surface area contributed by atoms with Crippen molar-refractivity contribution >= 4 is 0 Å². The van der Waals surface area contributed by atoms with Crippen molar-refractivity contribution in [3.05, 3.63) is 12.2 Å². The van der Waals surface area contributed by atoms with Crippen LogP contribution in [0.5, 0.6) is 0 Å². The lowest BCUT2D eigenvalue weighted by atomic mass is 9.50. The van der Waals surface area contributed by atoms with Gasteiger partial charge in [-0.15, -0.1) is 0 Å². The maximum Gasteiger partial charge on any atom is 0.0786 e. The standard InChI is InChI=1S/C23H32O2/c1-11-15-10-16(21(11)24)18-20(15)23(14-5-3-2-4-6-14)19-13-8-7-12(9-13)17(19)22(18)25-23/h7-8,11-22,24H,2-6,9-10H2,1H3. The number of hydrogen-bond acceptors (Lipinski definition) is 2. The Bertz CT molecular complexity index is 636. The first kappa shape index (κ1) is 14.7. The summed E-state index contributed by atoms with van der Waals surface area (Å²) >= 11 is 0. The lowest BCUT2D eigenvalue weighted by Crippen LogP contribution is -2.58. The quantitative estimate of drug-likeness (QED) is 0.730. The van der Waals surface area contributed by atoms with E-state index in [2.05, 4.69) is 19.1 Å². The number of aliphatic hydroxyl groups is 1. The summed E-state index contributed by atoms with van der Waals surface area (Å²) in [6, 6.07) is 0. The average molecular weight is 341 g/mol. The molecule has 2 nitrogen and oxygen atoms in total. The molecule has 0 spiro atoms. The van der Waals surface area contributed by atoms with Gasteiger partial charge in [-0.3, -0.25) is 0 Å². The van der Waals surface area contributed by atoms with Crippen molar-refractivity contribution in [3.63, 3.8) is 0 Å². The molecular formula is C23H32O2. The highest BCUT2D eigenvalue weighted by Gasteiger charge is 2.80. The van der Waals surface area contributed by atoms with Gasteiger partial charge >= 0.3 is 0 Å². The van der Waals surface area contributed by atoms with Gasteiger partial charge in [0.15, 0.2) is 0 Å². The summed E-state index contributed by atoms with van der Waals surface area (Å²) in [5.74, 6) is 7.27. The molecule has 12 unspecified atom stereocenters. The van der Waals surface area contributed by atoms with Crippen molar-refractivity contribution in [2.24, 2.45) is 59.2 Å².